The lowest BCUT2D eigenvalue weighted by molar-refractivity contribution is -0.161. The molecule has 8 nitrogen and oxygen atoms in total. The lowest BCUT2D eigenvalue weighted by Gasteiger charge is -2.18. The van der Waals surface area contributed by atoms with Gasteiger partial charge in [0.1, 0.15) is 6.61 Å². The van der Waals surface area contributed by atoms with Gasteiger partial charge < -0.3 is 19.3 Å². The lowest BCUT2D eigenvalue weighted by Crippen LogP contribution is -2.29. The molecule has 0 saturated heterocycles. The van der Waals surface area contributed by atoms with Gasteiger partial charge in [-0.3, -0.25) is 14.1 Å². The molecule has 0 aromatic carbocycles. The topological polar surface area (TPSA) is 119 Å². The number of phosphoric ester groups is 1. The third-order valence-corrected chi connectivity index (χ3v) is 4.09. The van der Waals surface area contributed by atoms with Crippen LogP contribution in [0.1, 0.15) is 71.6 Å². The van der Waals surface area contributed by atoms with Gasteiger partial charge in [-0.05, 0) is 25.7 Å². The summed E-state index contributed by atoms with van der Waals surface area (Å²) >= 11 is 0. The SMILES string of the molecule is CC/C=C\CCCCCCCC(=O)O[C@@H](COC(=O)CC)COP(=O)(O)O. The fourth-order valence-electron chi connectivity index (χ4n) is 2.18. The minimum absolute atomic E-state index is 0.147. The van der Waals surface area contributed by atoms with E-state index in [-0.39, 0.29) is 19.4 Å². The van der Waals surface area contributed by atoms with Crippen LogP contribution in [0.3, 0.4) is 0 Å². The van der Waals surface area contributed by atoms with Gasteiger partial charge in [0.05, 0.1) is 6.61 Å². The second-order valence-electron chi connectivity index (χ2n) is 6.12. The normalized spacial score (nSPS) is 12.9. The Bertz CT molecular complexity index is 486. The highest BCUT2D eigenvalue weighted by atomic mass is 31.2. The van der Waals surface area contributed by atoms with Crippen LogP contribution in [0.2, 0.25) is 0 Å². The molecular formula is C18H33O8P. The molecule has 9 heteroatoms. The van der Waals surface area contributed by atoms with E-state index in [9.17, 15) is 14.2 Å². The number of phosphoric acid groups is 1. The first-order valence-electron chi connectivity index (χ1n) is 9.48. The van der Waals surface area contributed by atoms with Crippen molar-refractivity contribution in [2.24, 2.45) is 0 Å². The second-order valence-corrected chi connectivity index (χ2v) is 7.36. The maximum atomic E-state index is 11.9. The van der Waals surface area contributed by atoms with Crippen LogP contribution in [0.15, 0.2) is 12.2 Å². The van der Waals surface area contributed by atoms with E-state index in [0.29, 0.717) is 6.42 Å². The quantitative estimate of drug-likeness (QED) is 0.172. The third kappa shape index (κ3) is 17.9. The summed E-state index contributed by atoms with van der Waals surface area (Å²) in [6.07, 6.45) is 10.6. The first-order valence-corrected chi connectivity index (χ1v) is 11.0. The fourth-order valence-corrected chi connectivity index (χ4v) is 2.54. The van der Waals surface area contributed by atoms with Crippen molar-refractivity contribution in [2.75, 3.05) is 13.2 Å². The summed E-state index contributed by atoms with van der Waals surface area (Å²) in [5.41, 5.74) is 0. The van der Waals surface area contributed by atoms with Crippen LogP contribution in [0.25, 0.3) is 0 Å². The summed E-state index contributed by atoms with van der Waals surface area (Å²) in [5, 5.41) is 0. The van der Waals surface area contributed by atoms with Crippen molar-refractivity contribution in [3.63, 3.8) is 0 Å². The first kappa shape index (κ1) is 25.8. The summed E-state index contributed by atoms with van der Waals surface area (Å²) in [5.74, 6) is -1.01. The maximum absolute atomic E-state index is 11.9. The highest BCUT2D eigenvalue weighted by Crippen LogP contribution is 2.35. The number of ether oxygens (including phenoxy) is 2. The van der Waals surface area contributed by atoms with Crippen LogP contribution in [-0.2, 0) is 28.2 Å². The van der Waals surface area contributed by atoms with Crippen LogP contribution in [0.4, 0.5) is 0 Å². The van der Waals surface area contributed by atoms with E-state index in [1.54, 1.807) is 6.92 Å². The van der Waals surface area contributed by atoms with Crippen molar-refractivity contribution >= 4 is 19.8 Å². The van der Waals surface area contributed by atoms with Crippen molar-refractivity contribution in [1.29, 1.82) is 0 Å². The monoisotopic (exact) mass is 408 g/mol. The number of carbonyl (C=O) groups excluding carboxylic acids is 2. The zero-order valence-electron chi connectivity index (χ0n) is 16.3. The number of hydrogen-bond donors (Lipinski definition) is 2. The summed E-state index contributed by atoms with van der Waals surface area (Å²) in [6.45, 7) is 2.86. The lowest BCUT2D eigenvalue weighted by atomic mass is 10.1. The molecule has 0 aromatic heterocycles. The van der Waals surface area contributed by atoms with Gasteiger partial charge in [-0.25, -0.2) is 4.57 Å². The average molecular weight is 408 g/mol. The molecule has 0 aliphatic heterocycles. The van der Waals surface area contributed by atoms with Gasteiger partial charge in [-0.15, -0.1) is 0 Å². The molecule has 0 aliphatic carbocycles. The number of allylic oxidation sites excluding steroid dienone is 2. The highest BCUT2D eigenvalue weighted by molar-refractivity contribution is 7.46. The van der Waals surface area contributed by atoms with E-state index in [4.69, 9.17) is 19.3 Å². The first-order chi connectivity index (χ1) is 12.8. The fraction of sp³-hybridized carbons (Fsp3) is 0.778. The van der Waals surface area contributed by atoms with Gasteiger partial charge in [0.25, 0.3) is 0 Å². The highest BCUT2D eigenvalue weighted by Gasteiger charge is 2.22. The molecular weight excluding hydrogens is 375 g/mol. The van der Waals surface area contributed by atoms with E-state index < -0.39 is 32.5 Å². The number of hydrogen-bond acceptors (Lipinski definition) is 6. The summed E-state index contributed by atoms with van der Waals surface area (Å²) in [6, 6.07) is 0. The van der Waals surface area contributed by atoms with Crippen molar-refractivity contribution in [2.45, 2.75) is 77.7 Å². The second kappa shape index (κ2) is 15.8. The molecule has 2 N–H and O–H groups in total. The standard InChI is InChI=1S/C18H33O8P/c1-3-5-6-7-8-9-10-11-12-13-18(20)26-16(14-24-17(19)4-2)15-25-27(21,22)23/h5-6,16H,3-4,7-15H2,1-2H3,(H2,21,22,23)/b6-5-/t16-/m0/s1. The van der Waals surface area contributed by atoms with Crippen LogP contribution in [0, 0.1) is 0 Å². The minimum Gasteiger partial charge on any atom is -0.462 e. The van der Waals surface area contributed by atoms with Gasteiger partial charge >= 0.3 is 19.8 Å². The van der Waals surface area contributed by atoms with Crippen molar-refractivity contribution < 1.29 is 37.9 Å². The number of esters is 2. The minimum atomic E-state index is -4.70. The Morgan fingerprint density at radius 1 is 0.963 bits per heavy atom. The zero-order chi connectivity index (χ0) is 20.5. The summed E-state index contributed by atoms with van der Waals surface area (Å²) < 4.78 is 25.1. The maximum Gasteiger partial charge on any atom is 0.469 e. The Morgan fingerprint density at radius 3 is 2.26 bits per heavy atom. The smallest absolute Gasteiger partial charge is 0.462 e. The van der Waals surface area contributed by atoms with E-state index in [1.165, 1.54) is 0 Å². The van der Waals surface area contributed by atoms with E-state index in [1.807, 2.05) is 0 Å². The van der Waals surface area contributed by atoms with Crippen LogP contribution >= 0.6 is 7.82 Å². The van der Waals surface area contributed by atoms with E-state index in [0.717, 1.165) is 38.5 Å². The molecule has 0 heterocycles. The Hall–Kier alpha value is -1.21. The van der Waals surface area contributed by atoms with E-state index >= 15 is 0 Å². The molecule has 0 aliphatic rings. The Morgan fingerprint density at radius 2 is 1.63 bits per heavy atom. The molecule has 0 radical (unpaired) electrons. The average Bonchev–Trinajstić information content (AvgIpc) is 2.61. The number of rotatable bonds is 16. The molecule has 0 fully saturated rings. The Labute approximate surface area is 161 Å². The summed E-state index contributed by atoms with van der Waals surface area (Å²) in [7, 11) is -4.70. The molecule has 0 aromatic rings. The summed E-state index contributed by atoms with van der Waals surface area (Å²) in [4.78, 5) is 40.6. The molecule has 0 bridgehead atoms. The van der Waals surface area contributed by atoms with Crippen LogP contribution in [0.5, 0.6) is 0 Å². The molecule has 0 rings (SSSR count). The number of carbonyl (C=O) groups is 2. The predicted octanol–water partition coefficient (Wildman–Crippen LogP) is 3.66. The van der Waals surface area contributed by atoms with Gasteiger partial charge in [-0.2, -0.15) is 0 Å². The molecule has 0 unspecified atom stereocenters. The molecule has 1 atom stereocenters. The van der Waals surface area contributed by atoms with E-state index in [2.05, 4.69) is 23.6 Å². The predicted molar refractivity (Wildman–Crippen MR) is 101 cm³/mol. The molecule has 27 heavy (non-hydrogen) atoms. The van der Waals surface area contributed by atoms with Crippen LogP contribution in [-0.4, -0.2) is 41.0 Å². The molecule has 158 valence electrons. The zero-order valence-corrected chi connectivity index (χ0v) is 17.2. The van der Waals surface area contributed by atoms with Crippen molar-refractivity contribution in [3.05, 3.63) is 12.2 Å². The van der Waals surface area contributed by atoms with Gasteiger partial charge in [-0.1, -0.05) is 45.3 Å². The van der Waals surface area contributed by atoms with Crippen molar-refractivity contribution in [1.82, 2.24) is 0 Å². The van der Waals surface area contributed by atoms with Gasteiger partial charge in [0.2, 0.25) is 0 Å². The van der Waals surface area contributed by atoms with Gasteiger partial charge in [0, 0.05) is 12.8 Å². The Kier molecular flexibility index (Phi) is 15.1. The Balaban J connectivity index is 4.06. The van der Waals surface area contributed by atoms with Gasteiger partial charge in [0.15, 0.2) is 6.10 Å². The third-order valence-electron chi connectivity index (χ3n) is 3.60. The van der Waals surface area contributed by atoms with Crippen LogP contribution < -0.4 is 0 Å². The molecule has 0 spiro atoms. The number of unbranched alkanes of at least 4 members (excludes halogenated alkanes) is 5. The van der Waals surface area contributed by atoms with Crippen molar-refractivity contribution in [3.8, 4) is 0 Å². The molecule has 0 amide bonds. The molecule has 0 saturated carbocycles. The largest absolute Gasteiger partial charge is 0.469 e.